The Labute approximate surface area is 160 Å². The van der Waals surface area contributed by atoms with Crippen LogP contribution in [0.4, 0.5) is 15.0 Å². The van der Waals surface area contributed by atoms with E-state index < -0.39 is 33.8 Å². The molecule has 2 aromatic rings. The third-order valence-electron chi connectivity index (χ3n) is 4.36. The first kappa shape index (κ1) is 19.6. The van der Waals surface area contributed by atoms with Crippen molar-refractivity contribution in [3.63, 3.8) is 0 Å². The summed E-state index contributed by atoms with van der Waals surface area (Å²) in [6.45, 7) is 5.34. The van der Waals surface area contributed by atoms with Gasteiger partial charge in [0, 0.05) is 23.5 Å². The summed E-state index contributed by atoms with van der Waals surface area (Å²) in [5, 5.41) is 13.5. The standard InChI is InChI=1S/C18H20FN5O4/c1-17(2,3)28-16(25)23-18(5-4-6-18)15-21-9-12(10-22-15)11-7-13(19)14(20-8-11)24(26)27/h7-10H,4-6H2,1-3H3,(H,23,25). The minimum absolute atomic E-state index is 0.317. The first-order valence-electron chi connectivity index (χ1n) is 8.74. The average Bonchev–Trinajstić information content (AvgIpc) is 2.56. The highest BCUT2D eigenvalue weighted by atomic mass is 19.1. The number of nitro groups is 1. The number of ether oxygens (including phenoxy) is 1. The fraction of sp³-hybridized carbons (Fsp3) is 0.444. The van der Waals surface area contributed by atoms with Crippen LogP contribution in [0.5, 0.6) is 0 Å². The van der Waals surface area contributed by atoms with E-state index in [1.807, 2.05) is 0 Å². The Balaban J connectivity index is 1.80. The van der Waals surface area contributed by atoms with E-state index in [1.165, 1.54) is 18.6 Å². The van der Waals surface area contributed by atoms with Crippen molar-refractivity contribution in [2.24, 2.45) is 0 Å². The number of aromatic nitrogens is 3. The number of alkyl carbamates (subject to hydrolysis) is 1. The molecular weight excluding hydrogens is 369 g/mol. The highest BCUT2D eigenvalue weighted by Gasteiger charge is 2.43. The van der Waals surface area contributed by atoms with Gasteiger partial charge in [0.1, 0.15) is 17.3 Å². The topological polar surface area (TPSA) is 120 Å². The zero-order valence-electron chi connectivity index (χ0n) is 15.7. The van der Waals surface area contributed by atoms with Crippen molar-refractivity contribution in [1.29, 1.82) is 0 Å². The van der Waals surface area contributed by atoms with Gasteiger partial charge in [0.25, 0.3) is 0 Å². The number of amides is 1. The van der Waals surface area contributed by atoms with Gasteiger partial charge in [0.05, 0.1) is 0 Å². The van der Waals surface area contributed by atoms with Crippen LogP contribution in [0, 0.1) is 15.9 Å². The number of pyridine rings is 1. The van der Waals surface area contributed by atoms with E-state index in [-0.39, 0.29) is 0 Å². The second-order valence-electron chi connectivity index (χ2n) is 7.64. The van der Waals surface area contributed by atoms with E-state index in [9.17, 15) is 19.3 Å². The summed E-state index contributed by atoms with van der Waals surface area (Å²) in [6.07, 6.45) is 5.87. The number of halogens is 1. The molecule has 0 saturated heterocycles. The van der Waals surface area contributed by atoms with Crippen LogP contribution in [0.1, 0.15) is 45.9 Å². The highest BCUT2D eigenvalue weighted by Crippen LogP contribution is 2.40. The number of nitrogens with one attached hydrogen (secondary N) is 1. The maximum atomic E-state index is 13.8. The van der Waals surface area contributed by atoms with Crippen molar-refractivity contribution in [2.75, 3.05) is 0 Å². The molecule has 0 radical (unpaired) electrons. The van der Waals surface area contributed by atoms with Crippen LogP contribution in [0.2, 0.25) is 0 Å². The van der Waals surface area contributed by atoms with E-state index in [4.69, 9.17) is 4.74 Å². The largest absolute Gasteiger partial charge is 0.444 e. The second kappa shape index (κ2) is 7.10. The monoisotopic (exact) mass is 389 g/mol. The van der Waals surface area contributed by atoms with Gasteiger partial charge in [-0.25, -0.2) is 14.8 Å². The number of carbonyl (C=O) groups is 1. The van der Waals surface area contributed by atoms with Gasteiger partial charge in [-0.1, -0.05) is 0 Å². The van der Waals surface area contributed by atoms with Crippen molar-refractivity contribution in [3.05, 3.63) is 46.4 Å². The van der Waals surface area contributed by atoms with Gasteiger partial charge in [0.15, 0.2) is 5.82 Å². The molecule has 10 heteroatoms. The third kappa shape index (κ3) is 4.05. The van der Waals surface area contributed by atoms with Gasteiger partial charge in [0.2, 0.25) is 5.82 Å². The SMILES string of the molecule is CC(C)(C)OC(=O)NC1(c2ncc(-c3cnc([N+](=O)[O-])c(F)c3)cn2)CCC1. The Hall–Kier alpha value is -3.17. The molecule has 2 heterocycles. The zero-order valence-corrected chi connectivity index (χ0v) is 15.7. The normalized spacial score (nSPS) is 15.4. The summed E-state index contributed by atoms with van der Waals surface area (Å²) in [7, 11) is 0. The molecule has 0 bridgehead atoms. The van der Waals surface area contributed by atoms with Gasteiger partial charge in [-0.05, 0) is 56.0 Å². The predicted octanol–water partition coefficient (Wildman–Crippen LogP) is 3.49. The van der Waals surface area contributed by atoms with Gasteiger partial charge < -0.3 is 20.2 Å². The van der Waals surface area contributed by atoms with Crippen LogP contribution < -0.4 is 5.32 Å². The summed E-state index contributed by atoms with van der Waals surface area (Å²) in [4.78, 5) is 34.1. The van der Waals surface area contributed by atoms with Crippen LogP contribution in [-0.4, -0.2) is 31.6 Å². The minimum Gasteiger partial charge on any atom is -0.444 e. The van der Waals surface area contributed by atoms with E-state index >= 15 is 0 Å². The molecule has 1 fully saturated rings. The van der Waals surface area contributed by atoms with Crippen molar-refractivity contribution < 1.29 is 18.8 Å². The molecule has 1 N–H and O–H groups in total. The average molecular weight is 389 g/mol. The molecule has 0 aromatic carbocycles. The molecule has 0 spiro atoms. The predicted molar refractivity (Wildman–Crippen MR) is 96.8 cm³/mol. The van der Waals surface area contributed by atoms with Gasteiger partial charge in [-0.15, -0.1) is 0 Å². The van der Waals surface area contributed by atoms with Crippen molar-refractivity contribution in [3.8, 4) is 11.1 Å². The van der Waals surface area contributed by atoms with Gasteiger partial charge in [-0.3, -0.25) is 0 Å². The van der Waals surface area contributed by atoms with Gasteiger partial charge >= 0.3 is 11.9 Å². The molecule has 1 amide bonds. The third-order valence-corrected chi connectivity index (χ3v) is 4.36. The summed E-state index contributed by atoms with van der Waals surface area (Å²) in [5.74, 6) is -1.44. The van der Waals surface area contributed by atoms with Crippen molar-refractivity contribution in [1.82, 2.24) is 20.3 Å². The number of hydrogen-bond donors (Lipinski definition) is 1. The summed E-state index contributed by atoms with van der Waals surface area (Å²) in [5.41, 5.74) is -0.541. The fourth-order valence-electron chi connectivity index (χ4n) is 2.88. The number of rotatable bonds is 4. The minimum atomic E-state index is -1.03. The first-order chi connectivity index (χ1) is 13.1. The highest BCUT2D eigenvalue weighted by molar-refractivity contribution is 5.69. The van der Waals surface area contributed by atoms with E-state index in [2.05, 4.69) is 20.3 Å². The number of nitrogens with zero attached hydrogens (tertiary/aromatic N) is 4. The maximum absolute atomic E-state index is 13.8. The molecule has 0 unspecified atom stereocenters. The van der Waals surface area contributed by atoms with Crippen LogP contribution in [0.3, 0.4) is 0 Å². The second-order valence-corrected chi connectivity index (χ2v) is 7.64. The van der Waals surface area contributed by atoms with Crippen LogP contribution in [0.15, 0.2) is 24.7 Å². The zero-order chi connectivity index (χ0) is 20.5. The quantitative estimate of drug-likeness (QED) is 0.627. The Morgan fingerprint density at radius 2 is 1.82 bits per heavy atom. The van der Waals surface area contributed by atoms with Crippen LogP contribution >= 0.6 is 0 Å². The molecule has 148 valence electrons. The smallest absolute Gasteiger partial charge is 0.408 e. The first-order valence-corrected chi connectivity index (χ1v) is 8.74. The lowest BCUT2D eigenvalue weighted by Gasteiger charge is -2.41. The molecule has 9 nitrogen and oxygen atoms in total. The summed E-state index contributed by atoms with van der Waals surface area (Å²) < 4.78 is 19.1. The van der Waals surface area contributed by atoms with Crippen LogP contribution in [-0.2, 0) is 10.3 Å². The lowest BCUT2D eigenvalue weighted by Crippen LogP contribution is -2.53. The molecule has 1 saturated carbocycles. The van der Waals surface area contributed by atoms with E-state index in [0.29, 0.717) is 29.8 Å². The molecule has 0 atom stereocenters. The molecule has 0 aliphatic heterocycles. The molecule has 1 aliphatic carbocycles. The Morgan fingerprint density at radius 3 is 2.29 bits per heavy atom. The molecular formula is C18H20FN5O4. The Bertz CT molecular complexity index is 907. The Kier molecular flexibility index (Phi) is 4.97. The number of hydrogen-bond acceptors (Lipinski definition) is 7. The molecule has 1 aliphatic rings. The lowest BCUT2D eigenvalue weighted by molar-refractivity contribution is -0.392. The Morgan fingerprint density at radius 1 is 1.21 bits per heavy atom. The summed E-state index contributed by atoms with van der Waals surface area (Å²) >= 11 is 0. The van der Waals surface area contributed by atoms with Crippen molar-refractivity contribution >= 4 is 11.9 Å². The molecule has 3 rings (SSSR count). The fourth-order valence-corrected chi connectivity index (χ4v) is 2.88. The van der Waals surface area contributed by atoms with Crippen LogP contribution in [0.25, 0.3) is 11.1 Å². The van der Waals surface area contributed by atoms with E-state index in [1.54, 1.807) is 20.8 Å². The number of carbonyl (C=O) groups excluding carboxylic acids is 1. The van der Waals surface area contributed by atoms with Gasteiger partial charge in [-0.2, -0.15) is 4.39 Å². The van der Waals surface area contributed by atoms with E-state index in [0.717, 1.165) is 12.5 Å². The van der Waals surface area contributed by atoms with Crippen molar-refractivity contribution in [2.45, 2.75) is 51.2 Å². The molecule has 2 aromatic heterocycles. The lowest BCUT2D eigenvalue weighted by atomic mass is 9.76. The molecule has 28 heavy (non-hydrogen) atoms. The summed E-state index contributed by atoms with van der Waals surface area (Å²) in [6, 6.07) is 1.02. The maximum Gasteiger partial charge on any atom is 0.408 e.